The maximum atomic E-state index is 13.2. The van der Waals surface area contributed by atoms with Gasteiger partial charge in [-0.25, -0.2) is 4.98 Å². The van der Waals surface area contributed by atoms with Gasteiger partial charge in [-0.05, 0) is 38.1 Å². The molecule has 0 bridgehead atoms. The number of amides is 1. The molecule has 1 amide bonds. The first-order valence-corrected chi connectivity index (χ1v) is 9.62. The number of rotatable bonds is 7. The monoisotopic (exact) mass is 433 g/mol. The highest BCUT2D eigenvalue weighted by Gasteiger charge is 2.31. The number of likely N-dealkylation sites (N-methyl/N-ethyl adjacent to an activating group) is 1. The largest absolute Gasteiger partial charge is 0.475 e. The first kappa shape index (κ1) is 22.3. The van der Waals surface area contributed by atoms with E-state index in [0.29, 0.717) is 17.8 Å². The van der Waals surface area contributed by atoms with E-state index in [4.69, 9.17) is 4.74 Å². The molecule has 0 aromatic carbocycles. The Morgan fingerprint density at radius 1 is 1.23 bits per heavy atom. The fourth-order valence-corrected chi connectivity index (χ4v) is 3.06. The van der Waals surface area contributed by atoms with E-state index in [0.717, 1.165) is 18.3 Å². The van der Waals surface area contributed by atoms with E-state index in [1.165, 1.54) is 0 Å². The molecule has 10 heteroatoms. The Balaban J connectivity index is 1.72. The van der Waals surface area contributed by atoms with Crippen LogP contribution in [0, 0.1) is 0 Å². The molecule has 3 rings (SSSR count). The normalized spacial score (nSPS) is 12.5. The molecule has 0 saturated heterocycles. The third kappa shape index (κ3) is 5.19. The topological polar surface area (TPSA) is 73.1 Å². The second-order valence-electron chi connectivity index (χ2n) is 6.91. The van der Waals surface area contributed by atoms with E-state index in [9.17, 15) is 18.0 Å². The van der Waals surface area contributed by atoms with Crippen LogP contribution in [-0.4, -0.2) is 49.7 Å². The van der Waals surface area contributed by atoms with Crippen LogP contribution >= 0.6 is 0 Å². The zero-order valence-corrected chi connectivity index (χ0v) is 17.3. The van der Waals surface area contributed by atoms with Crippen LogP contribution in [0.4, 0.5) is 13.2 Å². The van der Waals surface area contributed by atoms with Gasteiger partial charge in [0.1, 0.15) is 12.3 Å². The van der Waals surface area contributed by atoms with Gasteiger partial charge >= 0.3 is 6.18 Å². The fraction of sp³-hybridized carbons (Fsp3) is 0.333. The molecule has 0 aliphatic heterocycles. The molecule has 0 N–H and O–H groups in total. The van der Waals surface area contributed by atoms with Gasteiger partial charge < -0.3 is 9.64 Å². The summed E-state index contributed by atoms with van der Waals surface area (Å²) in [6.45, 7) is 4.06. The Kier molecular flexibility index (Phi) is 6.57. The van der Waals surface area contributed by atoms with Crippen molar-refractivity contribution in [1.82, 2.24) is 24.6 Å². The predicted molar refractivity (Wildman–Crippen MR) is 107 cm³/mol. The molecule has 0 spiro atoms. The van der Waals surface area contributed by atoms with Crippen LogP contribution in [-0.2, 0) is 13.2 Å². The number of carbonyl (C=O) groups excluding carboxylic acids is 1. The maximum Gasteiger partial charge on any atom is 0.417 e. The quantitative estimate of drug-likeness (QED) is 0.566. The summed E-state index contributed by atoms with van der Waals surface area (Å²) in [4.78, 5) is 22.8. The average molecular weight is 433 g/mol. The van der Waals surface area contributed by atoms with Crippen molar-refractivity contribution in [2.45, 2.75) is 26.1 Å². The number of aryl methyl sites for hydroxylation is 1. The second kappa shape index (κ2) is 9.15. The molecule has 164 valence electrons. The molecule has 31 heavy (non-hydrogen) atoms. The molecule has 0 saturated carbocycles. The summed E-state index contributed by atoms with van der Waals surface area (Å²) in [6.07, 6.45) is -0.420. The number of hydrogen-bond acceptors (Lipinski definition) is 5. The number of alkyl halides is 3. The van der Waals surface area contributed by atoms with Crippen LogP contribution in [0.25, 0.3) is 11.3 Å². The minimum Gasteiger partial charge on any atom is -0.475 e. The van der Waals surface area contributed by atoms with E-state index in [2.05, 4.69) is 15.1 Å². The van der Waals surface area contributed by atoms with Crippen LogP contribution in [0.15, 0.2) is 48.9 Å². The second-order valence-corrected chi connectivity index (χ2v) is 6.91. The number of ether oxygens (including phenoxy) is 1. The zero-order chi connectivity index (χ0) is 22.6. The predicted octanol–water partition coefficient (Wildman–Crippen LogP) is 3.83. The number of pyridine rings is 2. The third-order valence-electron chi connectivity index (χ3n) is 4.67. The molecule has 0 fully saturated rings. The SMILES string of the molecule is CCN(C(=O)c1ncccc1-c1ccn(C)n1)C(C)COc1ccc(C(F)(F)F)cn1. The lowest BCUT2D eigenvalue weighted by atomic mass is 10.1. The van der Waals surface area contributed by atoms with E-state index in [-0.39, 0.29) is 30.1 Å². The number of nitrogens with zero attached hydrogens (tertiary/aromatic N) is 5. The van der Waals surface area contributed by atoms with Gasteiger partial charge in [0.2, 0.25) is 5.88 Å². The molecule has 1 atom stereocenters. The highest BCUT2D eigenvalue weighted by molar-refractivity contribution is 5.98. The van der Waals surface area contributed by atoms with Crippen molar-refractivity contribution in [1.29, 1.82) is 0 Å². The molecular formula is C21H22F3N5O2. The van der Waals surface area contributed by atoms with Crippen molar-refractivity contribution >= 4 is 5.91 Å². The van der Waals surface area contributed by atoms with Crippen molar-refractivity contribution in [2.24, 2.45) is 7.05 Å². The Bertz CT molecular complexity index is 1030. The minimum absolute atomic E-state index is 0.0513. The van der Waals surface area contributed by atoms with Gasteiger partial charge in [0.15, 0.2) is 0 Å². The fourth-order valence-electron chi connectivity index (χ4n) is 3.06. The summed E-state index contributed by atoms with van der Waals surface area (Å²) in [5, 5.41) is 4.35. The minimum atomic E-state index is -4.46. The average Bonchev–Trinajstić information content (AvgIpc) is 3.18. The standard InChI is InChI=1S/C21H22F3N5O2/c1-4-29(14(2)13-31-18-8-7-15(12-26-18)21(22,23)24)20(30)19-16(6-5-10-25-19)17-9-11-28(3)27-17/h5-12,14H,4,13H2,1-3H3. The summed E-state index contributed by atoms with van der Waals surface area (Å²) in [5.74, 6) is -0.240. The molecular weight excluding hydrogens is 411 g/mol. The molecule has 7 nitrogen and oxygen atoms in total. The van der Waals surface area contributed by atoms with Crippen molar-refractivity contribution in [3.05, 3.63) is 60.2 Å². The van der Waals surface area contributed by atoms with E-state index >= 15 is 0 Å². The number of carbonyl (C=O) groups is 1. The van der Waals surface area contributed by atoms with Gasteiger partial charge in [-0.3, -0.25) is 14.5 Å². The van der Waals surface area contributed by atoms with Crippen LogP contribution in [0.2, 0.25) is 0 Å². The maximum absolute atomic E-state index is 13.2. The lowest BCUT2D eigenvalue weighted by molar-refractivity contribution is -0.137. The molecule has 0 aliphatic rings. The van der Waals surface area contributed by atoms with Gasteiger partial charge in [0.05, 0.1) is 17.3 Å². The zero-order valence-electron chi connectivity index (χ0n) is 17.3. The molecule has 0 radical (unpaired) electrons. The summed E-state index contributed by atoms with van der Waals surface area (Å²) in [6, 6.07) is 7.00. The first-order chi connectivity index (χ1) is 14.7. The summed E-state index contributed by atoms with van der Waals surface area (Å²) >= 11 is 0. The van der Waals surface area contributed by atoms with Crippen LogP contribution < -0.4 is 4.74 Å². The Morgan fingerprint density at radius 3 is 2.58 bits per heavy atom. The summed E-state index contributed by atoms with van der Waals surface area (Å²) in [5.41, 5.74) is 0.662. The van der Waals surface area contributed by atoms with Crippen LogP contribution in [0.1, 0.15) is 29.9 Å². The molecule has 3 heterocycles. The van der Waals surface area contributed by atoms with E-state index < -0.39 is 11.7 Å². The Labute approximate surface area is 177 Å². The van der Waals surface area contributed by atoms with Gasteiger partial charge in [-0.2, -0.15) is 18.3 Å². The summed E-state index contributed by atoms with van der Waals surface area (Å²) < 4.78 is 45.1. The van der Waals surface area contributed by atoms with Gasteiger partial charge in [0.25, 0.3) is 5.91 Å². The van der Waals surface area contributed by atoms with Gasteiger partial charge in [-0.15, -0.1) is 0 Å². The molecule has 0 aliphatic carbocycles. The Hall–Kier alpha value is -3.43. The smallest absolute Gasteiger partial charge is 0.417 e. The van der Waals surface area contributed by atoms with Crippen molar-refractivity contribution in [3.8, 4) is 17.1 Å². The molecule has 3 aromatic rings. The highest BCUT2D eigenvalue weighted by atomic mass is 19.4. The summed E-state index contributed by atoms with van der Waals surface area (Å²) in [7, 11) is 1.79. The highest BCUT2D eigenvalue weighted by Crippen LogP contribution is 2.29. The number of aromatic nitrogens is 4. The lowest BCUT2D eigenvalue weighted by Gasteiger charge is -2.28. The van der Waals surface area contributed by atoms with E-state index in [1.54, 1.807) is 54.1 Å². The molecule has 1 unspecified atom stereocenters. The van der Waals surface area contributed by atoms with Crippen molar-refractivity contribution in [3.63, 3.8) is 0 Å². The van der Waals surface area contributed by atoms with Crippen molar-refractivity contribution < 1.29 is 22.7 Å². The van der Waals surface area contributed by atoms with Gasteiger partial charge in [0, 0.05) is 43.8 Å². The first-order valence-electron chi connectivity index (χ1n) is 9.62. The Morgan fingerprint density at radius 2 is 2.00 bits per heavy atom. The third-order valence-corrected chi connectivity index (χ3v) is 4.67. The number of hydrogen-bond donors (Lipinski definition) is 0. The van der Waals surface area contributed by atoms with Crippen molar-refractivity contribution in [2.75, 3.05) is 13.2 Å². The van der Waals surface area contributed by atoms with Crippen LogP contribution in [0.5, 0.6) is 5.88 Å². The van der Waals surface area contributed by atoms with Crippen LogP contribution in [0.3, 0.4) is 0 Å². The van der Waals surface area contributed by atoms with Gasteiger partial charge in [-0.1, -0.05) is 0 Å². The molecule has 3 aromatic heterocycles. The van der Waals surface area contributed by atoms with E-state index in [1.807, 2.05) is 6.92 Å². The lowest BCUT2D eigenvalue weighted by Crippen LogP contribution is -2.42. The number of halogens is 3.